The number of ether oxygens (including phenoxy) is 1. The number of thiazole rings is 1. The van der Waals surface area contributed by atoms with Crippen molar-refractivity contribution in [3.8, 4) is 0 Å². The fraction of sp³-hybridized carbons (Fsp3) is 0.385. The van der Waals surface area contributed by atoms with Gasteiger partial charge >= 0.3 is 5.97 Å². The van der Waals surface area contributed by atoms with Crippen molar-refractivity contribution < 1.29 is 9.53 Å². The Kier molecular flexibility index (Phi) is 2.91. The summed E-state index contributed by atoms with van der Waals surface area (Å²) in [6.45, 7) is 0. The zero-order valence-electron chi connectivity index (χ0n) is 9.89. The first-order valence-corrected chi connectivity index (χ1v) is 6.91. The average molecular weight is 262 g/mol. The zero-order chi connectivity index (χ0) is 12.5. The van der Waals surface area contributed by atoms with E-state index in [-0.39, 0.29) is 12.1 Å². The van der Waals surface area contributed by atoms with E-state index in [4.69, 9.17) is 10.5 Å². The maximum Gasteiger partial charge on any atom is 0.338 e. The molecule has 1 saturated carbocycles. The molecule has 0 spiro atoms. The van der Waals surface area contributed by atoms with E-state index >= 15 is 0 Å². The van der Waals surface area contributed by atoms with Crippen LogP contribution in [0.25, 0.3) is 10.2 Å². The highest BCUT2D eigenvalue weighted by Crippen LogP contribution is 2.26. The molecule has 0 saturated heterocycles. The Morgan fingerprint density at radius 1 is 1.39 bits per heavy atom. The third-order valence-electron chi connectivity index (χ3n) is 3.22. The van der Waals surface area contributed by atoms with Crippen LogP contribution in [0.15, 0.2) is 18.2 Å². The summed E-state index contributed by atoms with van der Waals surface area (Å²) in [6.07, 6.45) is 4.38. The van der Waals surface area contributed by atoms with Crippen LogP contribution in [0.1, 0.15) is 36.0 Å². The van der Waals surface area contributed by atoms with Gasteiger partial charge in [-0.15, -0.1) is 0 Å². The van der Waals surface area contributed by atoms with Crippen molar-refractivity contribution in [3.63, 3.8) is 0 Å². The van der Waals surface area contributed by atoms with Crippen LogP contribution in [0.4, 0.5) is 5.13 Å². The van der Waals surface area contributed by atoms with Crippen LogP contribution in [0, 0.1) is 0 Å². The predicted octanol–water partition coefficient (Wildman–Crippen LogP) is 2.98. The Balaban J connectivity index is 1.81. The third kappa shape index (κ3) is 2.18. The Bertz CT molecular complexity index is 588. The summed E-state index contributed by atoms with van der Waals surface area (Å²) in [5, 5.41) is 0.520. The number of hydrogen-bond donors (Lipinski definition) is 1. The molecule has 94 valence electrons. The first-order valence-electron chi connectivity index (χ1n) is 6.09. The number of nitrogens with zero attached hydrogens (tertiary/aromatic N) is 1. The van der Waals surface area contributed by atoms with E-state index in [0.29, 0.717) is 10.7 Å². The van der Waals surface area contributed by atoms with Gasteiger partial charge in [-0.3, -0.25) is 0 Å². The van der Waals surface area contributed by atoms with Crippen LogP contribution in [0.2, 0.25) is 0 Å². The molecule has 1 fully saturated rings. The molecule has 3 rings (SSSR count). The smallest absolute Gasteiger partial charge is 0.338 e. The molecule has 5 heteroatoms. The fourth-order valence-corrected chi connectivity index (χ4v) is 3.07. The monoisotopic (exact) mass is 262 g/mol. The van der Waals surface area contributed by atoms with Crippen molar-refractivity contribution in [2.75, 3.05) is 5.73 Å². The topological polar surface area (TPSA) is 65.2 Å². The highest BCUT2D eigenvalue weighted by Gasteiger charge is 2.20. The molecule has 0 bridgehead atoms. The van der Waals surface area contributed by atoms with Crippen LogP contribution in [-0.2, 0) is 4.74 Å². The minimum Gasteiger partial charge on any atom is -0.459 e. The molecule has 1 aliphatic rings. The molecule has 1 aromatic carbocycles. The molecule has 0 unspecified atom stereocenters. The number of hydrogen-bond acceptors (Lipinski definition) is 5. The van der Waals surface area contributed by atoms with Crippen molar-refractivity contribution in [1.29, 1.82) is 0 Å². The molecular weight excluding hydrogens is 248 g/mol. The standard InChI is InChI=1S/C13H14N2O2S/c14-13-15-10-6-5-8(7-11(10)18-13)12(16)17-9-3-1-2-4-9/h5-7,9H,1-4H2,(H2,14,15). The highest BCUT2D eigenvalue weighted by molar-refractivity contribution is 7.22. The minimum absolute atomic E-state index is 0.0970. The summed E-state index contributed by atoms with van der Waals surface area (Å²) < 4.78 is 6.39. The number of rotatable bonds is 2. The van der Waals surface area contributed by atoms with Gasteiger partial charge in [-0.1, -0.05) is 11.3 Å². The van der Waals surface area contributed by atoms with E-state index in [9.17, 15) is 4.79 Å². The zero-order valence-corrected chi connectivity index (χ0v) is 10.7. The molecule has 1 aromatic heterocycles. The lowest BCUT2D eigenvalue weighted by molar-refractivity contribution is 0.0318. The number of nitrogens with two attached hydrogens (primary N) is 1. The second kappa shape index (κ2) is 4.57. The number of aromatic nitrogens is 1. The molecule has 2 aromatic rings. The lowest BCUT2D eigenvalue weighted by atomic mass is 10.2. The molecule has 0 aliphatic heterocycles. The summed E-state index contributed by atoms with van der Waals surface area (Å²) in [5.41, 5.74) is 7.05. The number of carbonyl (C=O) groups is 1. The quantitative estimate of drug-likeness (QED) is 0.845. The number of carbonyl (C=O) groups excluding carboxylic acids is 1. The number of fused-ring (bicyclic) bond motifs is 1. The summed E-state index contributed by atoms with van der Waals surface area (Å²) >= 11 is 1.39. The van der Waals surface area contributed by atoms with E-state index in [1.54, 1.807) is 12.1 Å². The average Bonchev–Trinajstić information content (AvgIpc) is 2.95. The second-order valence-electron chi connectivity index (χ2n) is 4.55. The summed E-state index contributed by atoms with van der Waals surface area (Å²) in [5.74, 6) is -0.240. The van der Waals surface area contributed by atoms with Crippen LogP contribution in [0.3, 0.4) is 0 Å². The van der Waals surface area contributed by atoms with Crippen LogP contribution < -0.4 is 5.73 Å². The molecule has 18 heavy (non-hydrogen) atoms. The summed E-state index contributed by atoms with van der Waals surface area (Å²) in [6, 6.07) is 5.37. The van der Waals surface area contributed by atoms with Gasteiger partial charge in [0.1, 0.15) is 6.10 Å². The number of esters is 1. The molecule has 1 heterocycles. The Hall–Kier alpha value is -1.62. The molecule has 0 atom stereocenters. The van der Waals surface area contributed by atoms with Crippen LogP contribution in [0.5, 0.6) is 0 Å². The Labute approximate surface area is 109 Å². The van der Waals surface area contributed by atoms with Crippen molar-refractivity contribution >= 4 is 32.7 Å². The largest absolute Gasteiger partial charge is 0.459 e. The van der Waals surface area contributed by atoms with E-state index < -0.39 is 0 Å². The van der Waals surface area contributed by atoms with Gasteiger partial charge in [0.2, 0.25) is 0 Å². The first kappa shape index (κ1) is 11.5. The SMILES string of the molecule is Nc1nc2ccc(C(=O)OC3CCCC3)cc2s1. The minimum atomic E-state index is -0.240. The van der Waals surface area contributed by atoms with Gasteiger partial charge in [0.25, 0.3) is 0 Å². The van der Waals surface area contributed by atoms with Crippen LogP contribution in [-0.4, -0.2) is 17.1 Å². The number of anilines is 1. The van der Waals surface area contributed by atoms with E-state index in [2.05, 4.69) is 4.98 Å². The van der Waals surface area contributed by atoms with Gasteiger partial charge in [0.05, 0.1) is 15.8 Å². The molecule has 1 aliphatic carbocycles. The van der Waals surface area contributed by atoms with Crippen molar-refractivity contribution in [1.82, 2.24) is 4.98 Å². The Morgan fingerprint density at radius 2 is 2.17 bits per heavy atom. The normalized spacial score (nSPS) is 16.2. The highest BCUT2D eigenvalue weighted by atomic mass is 32.1. The van der Waals surface area contributed by atoms with Crippen molar-refractivity contribution in [2.45, 2.75) is 31.8 Å². The summed E-state index contributed by atoms with van der Waals surface area (Å²) in [4.78, 5) is 16.1. The van der Waals surface area contributed by atoms with E-state index in [1.165, 1.54) is 11.3 Å². The van der Waals surface area contributed by atoms with Gasteiger partial charge < -0.3 is 10.5 Å². The molecule has 0 radical (unpaired) electrons. The van der Waals surface area contributed by atoms with Crippen molar-refractivity contribution in [2.24, 2.45) is 0 Å². The molecule has 4 nitrogen and oxygen atoms in total. The third-order valence-corrected chi connectivity index (χ3v) is 4.06. The Morgan fingerprint density at radius 3 is 2.94 bits per heavy atom. The van der Waals surface area contributed by atoms with Gasteiger partial charge in [-0.2, -0.15) is 0 Å². The maximum atomic E-state index is 12.0. The lowest BCUT2D eigenvalue weighted by Gasteiger charge is -2.10. The number of nitrogen functional groups attached to an aromatic ring is 1. The predicted molar refractivity (Wildman–Crippen MR) is 71.7 cm³/mol. The van der Waals surface area contributed by atoms with Crippen molar-refractivity contribution in [3.05, 3.63) is 23.8 Å². The fourth-order valence-electron chi connectivity index (χ4n) is 2.30. The van der Waals surface area contributed by atoms with E-state index in [1.807, 2.05) is 6.07 Å². The first-order chi connectivity index (χ1) is 8.72. The van der Waals surface area contributed by atoms with Gasteiger partial charge in [0, 0.05) is 0 Å². The van der Waals surface area contributed by atoms with Crippen LogP contribution >= 0.6 is 11.3 Å². The molecular formula is C13H14N2O2S. The van der Waals surface area contributed by atoms with Gasteiger partial charge in [0.15, 0.2) is 5.13 Å². The molecule has 2 N–H and O–H groups in total. The number of benzene rings is 1. The van der Waals surface area contributed by atoms with E-state index in [0.717, 1.165) is 35.9 Å². The summed E-state index contributed by atoms with van der Waals surface area (Å²) in [7, 11) is 0. The van der Waals surface area contributed by atoms with Gasteiger partial charge in [-0.05, 0) is 43.9 Å². The molecule has 0 amide bonds. The second-order valence-corrected chi connectivity index (χ2v) is 5.61. The maximum absolute atomic E-state index is 12.0. The van der Waals surface area contributed by atoms with Gasteiger partial charge in [-0.25, -0.2) is 9.78 Å². The lowest BCUT2D eigenvalue weighted by Crippen LogP contribution is -2.14.